The minimum absolute atomic E-state index is 0.0306. The van der Waals surface area contributed by atoms with Gasteiger partial charge >= 0.3 is 0 Å². The molecule has 2 heterocycles. The molecule has 1 unspecified atom stereocenters. The summed E-state index contributed by atoms with van der Waals surface area (Å²) in [6.45, 7) is 0.0604. The van der Waals surface area contributed by atoms with Gasteiger partial charge in [0.15, 0.2) is 0 Å². The number of likely N-dealkylation sites (tertiary alicyclic amines) is 1. The first-order chi connectivity index (χ1) is 14.0. The second kappa shape index (κ2) is 7.78. The first-order valence-corrected chi connectivity index (χ1v) is 9.54. The van der Waals surface area contributed by atoms with Gasteiger partial charge in [0.2, 0.25) is 0 Å². The molecule has 0 saturated carbocycles. The molecule has 1 amide bonds. The summed E-state index contributed by atoms with van der Waals surface area (Å²) in [5.41, 5.74) is 0.884. The van der Waals surface area contributed by atoms with E-state index in [0.717, 1.165) is 0 Å². The highest BCUT2D eigenvalue weighted by atomic mass is 35.5. The maximum absolute atomic E-state index is 12.9. The summed E-state index contributed by atoms with van der Waals surface area (Å²) in [7, 11) is 0. The zero-order chi connectivity index (χ0) is 20.5. The van der Waals surface area contributed by atoms with Crippen molar-refractivity contribution in [2.45, 2.75) is 12.6 Å². The third-order valence-corrected chi connectivity index (χ3v) is 5.36. The molecule has 1 aromatic heterocycles. The second-order valence-corrected chi connectivity index (χ2v) is 7.38. The van der Waals surface area contributed by atoms with Gasteiger partial charge in [-0.15, -0.1) is 0 Å². The van der Waals surface area contributed by atoms with Gasteiger partial charge in [0.05, 0.1) is 24.4 Å². The highest BCUT2D eigenvalue weighted by molar-refractivity contribution is 6.47. The number of ketones is 1. The summed E-state index contributed by atoms with van der Waals surface area (Å²) in [4.78, 5) is 27.1. The Morgan fingerprint density at radius 3 is 2.38 bits per heavy atom. The Kier molecular flexibility index (Phi) is 5.18. The van der Waals surface area contributed by atoms with Crippen molar-refractivity contribution >= 4 is 40.7 Å². The van der Waals surface area contributed by atoms with Gasteiger partial charge in [-0.1, -0.05) is 41.4 Å². The van der Waals surface area contributed by atoms with Crippen molar-refractivity contribution in [3.63, 3.8) is 0 Å². The number of carbonyl (C=O) groups excluding carboxylic acids is 2. The van der Waals surface area contributed by atoms with Crippen LogP contribution in [-0.4, -0.2) is 21.7 Å². The number of amides is 1. The lowest BCUT2D eigenvalue weighted by molar-refractivity contribution is -0.140. The number of aliphatic hydroxyl groups is 1. The molecule has 1 aliphatic rings. The van der Waals surface area contributed by atoms with Crippen molar-refractivity contribution < 1.29 is 19.1 Å². The van der Waals surface area contributed by atoms with E-state index in [9.17, 15) is 14.7 Å². The van der Waals surface area contributed by atoms with E-state index < -0.39 is 17.7 Å². The lowest BCUT2D eigenvalue weighted by Gasteiger charge is -2.25. The molecule has 1 N–H and O–H groups in total. The van der Waals surface area contributed by atoms with Crippen molar-refractivity contribution in [2.75, 3.05) is 0 Å². The standard InChI is InChI=1S/C22H15Cl2NO4/c23-14-9-7-13(8-10-14)20(26)18-19(16-5-1-2-6-17(16)24)25(22(28)21(18)27)12-15-4-3-11-29-15/h1-11,19,26H,12H2/b20-18+. The molecule has 0 bridgehead atoms. The Morgan fingerprint density at radius 2 is 1.72 bits per heavy atom. The fourth-order valence-corrected chi connectivity index (χ4v) is 3.76. The van der Waals surface area contributed by atoms with Crippen LogP contribution in [0, 0.1) is 0 Å². The number of aliphatic hydroxyl groups excluding tert-OH is 1. The van der Waals surface area contributed by atoms with Crippen LogP contribution in [0.15, 0.2) is 76.9 Å². The number of hydrogen-bond donors (Lipinski definition) is 1. The first kappa shape index (κ1) is 19.3. The predicted octanol–water partition coefficient (Wildman–Crippen LogP) is 5.21. The van der Waals surface area contributed by atoms with Crippen LogP contribution in [0.4, 0.5) is 0 Å². The van der Waals surface area contributed by atoms with Gasteiger partial charge in [0, 0.05) is 15.6 Å². The molecule has 0 spiro atoms. The van der Waals surface area contributed by atoms with Gasteiger partial charge in [-0.25, -0.2) is 0 Å². The molecular formula is C22H15Cl2NO4. The molecule has 1 fully saturated rings. The highest BCUT2D eigenvalue weighted by Crippen LogP contribution is 2.42. The van der Waals surface area contributed by atoms with Crippen LogP contribution < -0.4 is 0 Å². The molecule has 3 aromatic rings. The monoisotopic (exact) mass is 427 g/mol. The van der Waals surface area contributed by atoms with Crippen molar-refractivity contribution in [3.05, 3.63) is 99.4 Å². The van der Waals surface area contributed by atoms with Crippen LogP contribution in [0.25, 0.3) is 5.76 Å². The van der Waals surface area contributed by atoms with E-state index in [0.29, 0.717) is 26.9 Å². The highest BCUT2D eigenvalue weighted by Gasteiger charge is 2.47. The van der Waals surface area contributed by atoms with Crippen molar-refractivity contribution in [2.24, 2.45) is 0 Å². The van der Waals surface area contributed by atoms with E-state index in [-0.39, 0.29) is 17.9 Å². The number of benzene rings is 2. The summed E-state index contributed by atoms with van der Waals surface area (Å²) in [6, 6.07) is 15.8. The van der Waals surface area contributed by atoms with Crippen LogP contribution in [-0.2, 0) is 16.1 Å². The number of rotatable bonds is 4. The quantitative estimate of drug-likeness (QED) is 0.352. The molecule has 146 valence electrons. The van der Waals surface area contributed by atoms with Crippen molar-refractivity contribution in [3.8, 4) is 0 Å². The molecule has 1 aliphatic heterocycles. The third kappa shape index (κ3) is 3.55. The number of hydrogen-bond acceptors (Lipinski definition) is 4. The topological polar surface area (TPSA) is 70.8 Å². The fourth-order valence-electron chi connectivity index (χ4n) is 3.40. The van der Waals surface area contributed by atoms with Crippen LogP contribution in [0.5, 0.6) is 0 Å². The van der Waals surface area contributed by atoms with Crippen molar-refractivity contribution in [1.29, 1.82) is 0 Å². The maximum Gasteiger partial charge on any atom is 0.296 e. The van der Waals surface area contributed by atoms with Crippen LogP contribution in [0.3, 0.4) is 0 Å². The summed E-state index contributed by atoms with van der Waals surface area (Å²) in [6.07, 6.45) is 1.49. The normalized spacial score (nSPS) is 18.4. The number of nitrogens with zero attached hydrogens (tertiary/aromatic N) is 1. The Morgan fingerprint density at radius 1 is 1.00 bits per heavy atom. The molecule has 0 radical (unpaired) electrons. The zero-order valence-electron chi connectivity index (χ0n) is 15.0. The molecule has 1 atom stereocenters. The lowest BCUT2D eigenvalue weighted by Crippen LogP contribution is -2.29. The fraction of sp³-hybridized carbons (Fsp3) is 0.0909. The zero-order valence-corrected chi connectivity index (χ0v) is 16.5. The largest absolute Gasteiger partial charge is 0.507 e. The van der Waals surface area contributed by atoms with Crippen LogP contribution in [0.2, 0.25) is 10.0 Å². The number of carbonyl (C=O) groups is 2. The molecule has 2 aromatic carbocycles. The van der Waals surface area contributed by atoms with Crippen LogP contribution >= 0.6 is 23.2 Å². The van der Waals surface area contributed by atoms with E-state index >= 15 is 0 Å². The number of furan rings is 1. The third-order valence-electron chi connectivity index (χ3n) is 4.76. The number of Topliss-reactive ketones (excluding diaryl/α,β-unsaturated/α-hetero) is 1. The van der Waals surface area contributed by atoms with E-state index in [1.54, 1.807) is 60.7 Å². The minimum Gasteiger partial charge on any atom is -0.507 e. The summed E-state index contributed by atoms with van der Waals surface area (Å²) >= 11 is 12.3. The Hall–Kier alpha value is -3.02. The summed E-state index contributed by atoms with van der Waals surface area (Å²) < 4.78 is 5.36. The van der Waals surface area contributed by atoms with Gasteiger partial charge in [0.1, 0.15) is 11.5 Å². The molecule has 5 nitrogen and oxygen atoms in total. The predicted molar refractivity (Wildman–Crippen MR) is 109 cm³/mol. The molecule has 4 rings (SSSR count). The van der Waals surface area contributed by atoms with Gasteiger partial charge in [-0.2, -0.15) is 0 Å². The molecular weight excluding hydrogens is 413 g/mol. The molecule has 1 saturated heterocycles. The van der Waals surface area contributed by atoms with Gasteiger partial charge in [-0.3, -0.25) is 9.59 Å². The van der Waals surface area contributed by atoms with Gasteiger partial charge in [0.25, 0.3) is 11.7 Å². The van der Waals surface area contributed by atoms with E-state index in [4.69, 9.17) is 27.6 Å². The van der Waals surface area contributed by atoms with Crippen molar-refractivity contribution in [1.82, 2.24) is 4.90 Å². The Bertz CT molecular complexity index is 1100. The molecule has 29 heavy (non-hydrogen) atoms. The van der Waals surface area contributed by atoms with E-state index in [1.807, 2.05) is 0 Å². The van der Waals surface area contributed by atoms with E-state index in [1.165, 1.54) is 11.2 Å². The van der Waals surface area contributed by atoms with Crippen LogP contribution in [0.1, 0.15) is 22.9 Å². The molecule has 7 heteroatoms. The van der Waals surface area contributed by atoms with E-state index in [2.05, 4.69) is 0 Å². The SMILES string of the molecule is O=C1C(=O)N(Cc2ccco2)C(c2ccccc2Cl)/C1=C(\O)c1ccc(Cl)cc1. The summed E-state index contributed by atoms with van der Waals surface area (Å²) in [5, 5.41) is 11.8. The number of halogens is 2. The van der Waals surface area contributed by atoms with Gasteiger partial charge in [-0.05, 0) is 48.0 Å². The minimum atomic E-state index is -0.857. The first-order valence-electron chi connectivity index (χ1n) is 8.78. The Labute approximate surface area is 176 Å². The smallest absolute Gasteiger partial charge is 0.296 e. The Balaban J connectivity index is 1.89. The average Bonchev–Trinajstić information content (AvgIpc) is 3.31. The molecule has 0 aliphatic carbocycles. The average molecular weight is 428 g/mol. The van der Waals surface area contributed by atoms with Gasteiger partial charge < -0.3 is 14.4 Å². The maximum atomic E-state index is 12.9. The lowest BCUT2D eigenvalue weighted by atomic mass is 9.95. The summed E-state index contributed by atoms with van der Waals surface area (Å²) in [5.74, 6) is -1.29. The second-order valence-electron chi connectivity index (χ2n) is 6.53.